The number of phenolic OH excluding ortho intramolecular Hbond substituents is 2. The Balaban J connectivity index is 0.000000218. The largest absolute Gasteiger partial charge is 0.507 e. The van der Waals surface area contributed by atoms with E-state index in [1.165, 1.54) is 38.0 Å². The standard InChI is InChI=1S/C14H12O6S.C14H12O3.C13H18O2/c1-20-12-8-11(15)10(7-13(12)21(17,18)19)14(16)9-5-3-2-4-6-9;1-17-11-7-8-12(13(15)9-11)14(16)10-5-3-2-4-6-10;1-9(2)8-11-4-6-12(7-5-11)10(3)13(14)15/h2-8,15H,1H3,(H,17,18,19);2-9,15H,1H3;4-7,9-10H,8H2,1-3H3,(H,14,15). The van der Waals surface area contributed by atoms with Gasteiger partial charge in [-0.25, -0.2) is 0 Å². The van der Waals surface area contributed by atoms with Crippen LogP contribution in [0.3, 0.4) is 0 Å². The number of phenols is 2. The quantitative estimate of drug-likeness (QED) is 0.0772. The second-order valence-electron chi connectivity index (χ2n) is 12.2. The van der Waals surface area contributed by atoms with Crippen molar-refractivity contribution in [2.45, 2.75) is 38.0 Å². The number of methoxy groups -OCH3 is 2. The zero-order valence-corrected chi connectivity index (χ0v) is 30.7. The molecule has 0 radical (unpaired) electrons. The monoisotopic (exact) mass is 742 g/mol. The van der Waals surface area contributed by atoms with Gasteiger partial charge < -0.3 is 24.8 Å². The zero-order chi connectivity index (χ0) is 39.3. The number of benzene rings is 5. The normalized spacial score (nSPS) is 11.2. The van der Waals surface area contributed by atoms with Crippen LogP contribution >= 0.6 is 0 Å². The van der Waals surface area contributed by atoms with E-state index < -0.39 is 38.4 Å². The van der Waals surface area contributed by atoms with Gasteiger partial charge in [-0.05, 0) is 48.6 Å². The number of hydrogen-bond donors (Lipinski definition) is 4. The maximum Gasteiger partial charge on any atom is 0.310 e. The van der Waals surface area contributed by atoms with Crippen LogP contribution in [-0.4, -0.2) is 60.0 Å². The van der Waals surface area contributed by atoms with Crippen LogP contribution in [0.2, 0.25) is 0 Å². The van der Waals surface area contributed by atoms with E-state index in [2.05, 4.69) is 13.8 Å². The molecular weight excluding hydrogens is 701 g/mol. The number of aliphatic carboxylic acids is 1. The number of carboxylic acid groups (broad SMARTS) is 1. The Kier molecular flexibility index (Phi) is 14.9. The molecule has 4 N–H and O–H groups in total. The molecule has 0 aromatic heterocycles. The minimum Gasteiger partial charge on any atom is -0.507 e. The predicted molar refractivity (Wildman–Crippen MR) is 200 cm³/mol. The number of carbonyl (C=O) groups is 3. The van der Waals surface area contributed by atoms with Crippen molar-refractivity contribution >= 4 is 27.7 Å². The van der Waals surface area contributed by atoms with Crippen LogP contribution in [0.1, 0.15) is 69.7 Å². The Morgan fingerprint density at radius 2 is 1.17 bits per heavy atom. The third-order valence-electron chi connectivity index (χ3n) is 7.82. The molecule has 5 rings (SSSR count). The van der Waals surface area contributed by atoms with Crippen molar-refractivity contribution in [3.63, 3.8) is 0 Å². The summed E-state index contributed by atoms with van der Waals surface area (Å²) in [5.74, 6) is -1.57. The second-order valence-corrected chi connectivity index (χ2v) is 13.6. The lowest BCUT2D eigenvalue weighted by atomic mass is 9.97. The molecule has 0 saturated heterocycles. The van der Waals surface area contributed by atoms with Gasteiger partial charge >= 0.3 is 5.97 Å². The average molecular weight is 743 g/mol. The Labute approximate surface area is 308 Å². The van der Waals surface area contributed by atoms with Gasteiger partial charge in [0.15, 0.2) is 11.6 Å². The molecular formula is C41H42O11S. The van der Waals surface area contributed by atoms with Crippen molar-refractivity contribution in [2.24, 2.45) is 5.92 Å². The van der Waals surface area contributed by atoms with E-state index in [1.54, 1.807) is 61.5 Å². The molecule has 0 fully saturated rings. The lowest BCUT2D eigenvalue weighted by molar-refractivity contribution is -0.138. The molecule has 1 atom stereocenters. The van der Waals surface area contributed by atoms with Gasteiger partial charge in [-0.15, -0.1) is 0 Å². The van der Waals surface area contributed by atoms with Gasteiger partial charge in [-0.1, -0.05) is 98.8 Å². The molecule has 5 aromatic rings. The van der Waals surface area contributed by atoms with Crippen molar-refractivity contribution in [1.82, 2.24) is 0 Å². The molecule has 278 valence electrons. The van der Waals surface area contributed by atoms with E-state index in [0.29, 0.717) is 17.2 Å². The Hall–Kier alpha value is -5.98. The average Bonchev–Trinajstić information content (AvgIpc) is 3.14. The van der Waals surface area contributed by atoms with Crippen molar-refractivity contribution in [1.29, 1.82) is 0 Å². The van der Waals surface area contributed by atoms with E-state index in [4.69, 9.17) is 19.1 Å². The first-order valence-corrected chi connectivity index (χ1v) is 17.8. The fourth-order valence-corrected chi connectivity index (χ4v) is 5.63. The lowest BCUT2D eigenvalue weighted by Gasteiger charge is -2.10. The molecule has 0 aliphatic heterocycles. The molecule has 11 nitrogen and oxygen atoms in total. The topological polar surface area (TPSA) is 185 Å². The Bertz CT molecular complexity index is 2110. The minimum absolute atomic E-state index is 0.0711. The highest BCUT2D eigenvalue weighted by Gasteiger charge is 2.23. The number of hydrogen-bond acceptors (Lipinski definition) is 9. The molecule has 1 unspecified atom stereocenters. The Morgan fingerprint density at radius 3 is 1.60 bits per heavy atom. The zero-order valence-electron chi connectivity index (χ0n) is 29.9. The van der Waals surface area contributed by atoms with Crippen LogP contribution in [0.25, 0.3) is 0 Å². The van der Waals surface area contributed by atoms with Crippen LogP contribution in [-0.2, 0) is 21.3 Å². The van der Waals surface area contributed by atoms with E-state index in [0.717, 1.165) is 24.1 Å². The van der Waals surface area contributed by atoms with Crippen molar-refractivity contribution < 1.29 is 52.1 Å². The highest BCUT2D eigenvalue weighted by molar-refractivity contribution is 7.86. The highest BCUT2D eigenvalue weighted by Crippen LogP contribution is 2.33. The van der Waals surface area contributed by atoms with Gasteiger partial charge in [0.25, 0.3) is 10.1 Å². The number of ketones is 2. The fourth-order valence-electron chi connectivity index (χ4n) is 4.97. The van der Waals surface area contributed by atoms with Gasteiger partial charge in [0, 0.05) is 23.3 Å². The smallest absolute Gasteiger partial charge is 0.310 e. The molecule has 0 spiro atoms. The third kappa shape index (κ3) is 11.8. The van der Waals surface area contributed by atoms with Crippen molar-refractivity contribution in [3.05, 3.63) is 149 Å². The molecule has 5 aromatic carbocycles. The first-order chi connectivity index (χ1) is 25.1. The summed E-state index contributed by atoms with van der Waals surface area (Å²) in [6.07, 6.45) is 1.04. The van der Waals surface area contributed by atoms with Crippen molar-refractivity contribution in [2.75, 3.05) is 14.2 Å². The van der Waals surface area contributed by atoms with E-state index >= 15 is 0 Å². The highest BCUT2D eigenvalue weighted by atomic mass is 32.2. The van der Waals surface area contributed by atoms with Crippen molar-refractivity contribution in [3.8, 4) is 23.0 Å². The third-order valence-corrected chi connectivity index (χ3v) is 8.69. The summed E-state index contributed by atoms with van der Waals surface area (Å²) in [6, 6.07) is 31.2. The number of carbonyl (C=O) groups excluding carboxylic acids is 2. The molecule has 0 amide bonds. The summed E-state index contributed by atoms with van der Waals surface area (Å²) < 4.78 is 41.6. The summed E-state index contributed by atoms with van der Waals surface area (Å²) in [5.41, 5.74) is 3.00. The number of carboxylic acids is 1. The minimum atomic E-state index is -4.59. The van der Waals surface area contributed by atoms with Gasteiger partial charge in [0.05, 0.1) is 31.3 Å². The first kappa shape index (κ1) is 41.4. The summed E-state index contributed by atoms with van der Waals surface area (Å²) in [5, 5.41) is 28.5. The fraction of sp³-hybridized carbons (Fsp3) is 0.195. The molecule has 12 heteroatoms. The lowest BCUT2D eigenvalue weighted by Crippen LogP contribution is -2.07. The van der Waals surface area contributed by atoms with Crippen LogP contribution in [0.4, 0.5) is 0 Å². The second kappa shape index (κ2) is 19.0. The van der Waals surface area contributed by atoms with Gasteiger partial charge in [-0.2, -0.15) is 8.42 Å². The summed E-state index contributed by atoms with van der Waals surface area (Å²) >= 11 is 0. The maximum absolute atomic E-state index is 12.3. The predicted octanol–water partition coefficient (Wildman–Crippen LogP) is 7.58. The van der Waals surface area contributed by atoms with Gasteiger partial charge in [0.2, 0.25) is 0 Å². The molecule has 0 aliphatic carbocycles. The van der Waals surface area contributed by atoms with Crippen LogP contribution in [0, 0.1) is 5.92 Å². The van der Waals surface area contributed by atoms with Crippen LogP contribution in [0.5, 0.6) is 23.0 Å². The SMILES string of the molecule is CC(C)Cc1ccc(C(C)C(=O)O)cc1.COc1cc(O)c(C(=O)c2ccccc2)cc1S(=O)(=O)O.COc1ccc(C(=O)c2ccccc2)c(O)c1. The number of rotatable bonds is 11. The van der Waals surface area contributed by atoms with Crippen LogP contribution < -0.4 is 9.47 Å². The maximum atomic E-state index is 12.3. The Morgan fingerprint density at radius 1 is 0.660 bits per heavy atom. The van der Waals surface area contributed by atoms with E-state index in [-0.39, 0.29) is 34.0 Å². The van der Waals surface area contributed by atoms with Crippen LogP contribution in [0.15, 0.2) is 120 Å². The molecule has 0 bridgehead atoms. The molecule has 53 heavy (non-hydrogen) atoms. The van der Waals surface area contributed by atoms with Gasteiger partial charge in [-0.3, -0.25) is 18.9 Å². The number of ether oxygens (including phenoxy) is 2. The molecule has 0 saturated carbocycles. The number of aromatic hydroxyl groups is 2. The van der Waals surface area contributed by atoms with E-state index in [9.17, 15) is 33.0 Å². The first-order valence-electron chi connectivity index (χ1n) is 16.3. The van der Waals surface area contributed by atoms with Gasteiger partial charge in [0.1, 0.15) is 27.9 Å². The summed E-state index contributed by atoms with van der Waals surface area (Å²) in [4.78, 5) is 34.5. The molecule has 0 heterocycles. The summed E-state index contributed by atoms with van der Waals surface area (Å²) in [7, 11) is -1.90. The van der Waals surface area contributed by atoms with E-state index in [1.807, 2.05) is 30.3 Å². The molecule has 0 aliphatic rings. The summed E-state index contributed by atoms with van der Waals surface area (Å²) in [6.45, 7) is 6.06.